The van der Waals surface area contributed by atoms with E-state index in [1.807, 2.05) is 6.26 Å². The SMILES string of the molecule is CCN(CC)CCCNc1sc(C(=O)NC)c(N)c1SC. The number of nitrogen functional groups attached to an aromatic ring is 1. The quantitative estimate of drug-likeness (QED) is 0.479. The maximum absolute atomic E-state index is 11.8. The molecule has 0 aromatic carbocycles. The molecule has 0 unspecified atom stereocenters. The van der Waals surface area contributed by atoms with Gasteiger partial charge in [-0.3, -0.25) is 4.79 Å². The second kappa shape index (κ2) is 9.17. The van der Waals surface area contributed by atoms with Crippen LogP contribution in [-0.4, -0.2) is 50.3 Å². The molecule has 0 aliphatic carbocycles. The summed E-state index contributed by atoms with van der Waals surface area (Å²) in [5.41, 5.74) is 6.65. The van der Waals surface area contributed by atoms with Crippen LogP contribution in [0.5, 0.6) is 0 Å². The van der Waals surface area contributed by atoms with E-state index < -0.39 is 0 Å². The lowest BCUT2D eigenvalue weighted by atomic mass is 10.3. The molecular weight excluding hydrogens is 304 g/mol. The number of thiophene rings is 1. The van der Waals surface area contributed by atoms with Gasteiger partial charge in [0.25, 0.3) is 5.91 Å². The normalized spacial score (nSPS) is 10.9. The van der Waals surface area contributed by atoms with Crippen LogP contribution in [0.25, 0.3) is 0 Å². The fourth-order valence-electron chi connectivity index (χ4n) is 2.07. The van der Waals surface area contributed by atoms with Crippen LogP contribution in [0.1, 0.15) is 29.9 Å². The lowest BCUT2D eigenvalue weighted by Crippen LogP contribution is -2.25. The molecule has 7 heteroatoms. The number of hydrogen-bond acceptors (Lipinski definition) is 6. The summed E-state index contributed by atoms with van der Waals surface area (Å²) in [6.45, 7) is 8.49. The number of nitrogens with two attached hydrogens (primary N) is 1. The lowest BCUT2D eigenvalue weighted by molar-refractivity contribution is 0.0968. The highest BCUT2D eigenvalue weighted by Crippen LogP contribution is 2.41. The molecule has 1 aromatic heterocycles. The first-order chi connectivity index (χ1) is 10.1. The van der Waals surface area contributed by atoms with Crippen molar-refractivity contribution in [2.24, 2.45) is 0 Å². The van der Waals surface area contributed by atoms with E-state index >= 15 is 0 Å². The summed E-state index contributed by atoms with van der Waals surface area (Å²) in [6.07, 6.45) is 3.05. The molecule has 0 atom stereocenters. The number of nitrogens with one attached hydrogen (secondary N) is 2. The number of rotatable bonds is 9. The van der Waals surface area contributed by atoms with E-state index in [0.717, 1.165) is 42.5 Å². The molecule has 0 bridgehead atoms. The highest BCUT2D eigenvalue weighted by molar-refractivity contribution is 7.99. The van der Waals surface area contributed by atoms with Crippen molar-refractivity contribution in [1.29, 1.82) is 0 Å². The summed E-state index contributed by atoms with van der Waals surface area (Å²) in [7, 11) is 1.62. The number of nitrogens with zero attached hydrogens (tertiary/aromatic N) is 1. The van der Waals surface area contributed by atoms with Gasteiger partial charge in [-0.15, -0.1) is 23.1 Å². The zero-order valence-corrected chi connectivity index (χ0v) is 14.9. The summed E-state index contributed by atoms with van der Waals surface area (Å²) in [5.74, 6) is -0.121. The van der Waals surface area contributed by atoms with Crippen LogP contribution in [0.15, 0.2) is 4.90 Å². The van der Waals surface area contributed by atoms with E-state index in [2.05, 4.69) is 29.4 Å². The number of hydrogen-bond donors (Lipinski definition) is 3. The van der Waals surface area contributed by atoms with E-state index in [4.69, 9.17) is 5.73 Å². The molecule has 1 aromatic rings. The van der Waals surface area contributed by atoms with Crippen LogP contribution < -0.4 is 16.4 Å². The van der Waals surface area contributed by atoms with E-state index in [1.165, 1.54) is 11.3 Å². The van der Waals surface area contributed by atoms with Crippen LogP contribution >= 0.6 is 23.1 Å². The number of carbonyl (C=O) groups excluding carboxylic acids is 1. The first kappa shape index (κ1) is 18.1. The third kappa shape index (κ3) is 4.79. The van der Waals surface area contributed by atoms with Crippen molar-refractivity contribution in [2.45, 2.75) is 25.2 Å². The Hall–Kier alpha value is -0.920. The average molecular weight is 331 g/mol. The van der Waals surface area contributed by atoms with Crippen molar-refractivity contribution < 1.29 is 4.79 Å². The Morgan fingerprint density at radius 3 is 2.57 bits per heavy atom. The monoisotopic (exact) mass is 330 g/mol. The van der Waals surface area contributed by atoms with Crippen molar-refractivity contribution in [3.63, 3.8) is 0 Å². The molecule has 1 heterocycles. The van der Waals surface area contributed by atoms with E-state index in [-0.39, 0.29) is 5.91 Å². The molecular formula is C14H26N4OS2. The molecule has 0 saturated heterocycles. The Bertz CT molecular complexity index is 458. The van der Waals surface area contributed by atoms with E-state index in [1.54, 1.807) is 18.8 Å². The molecule has 5 nitrogen and oxygen atoms in total. The van der Waals surface area contributed by atoms with Crippen molar-refractivity contribution >= 4 is 39.7 Å². The minimum Gasteiger partial charge on any atom is -0.396 e. The molecule has 4 N–H and O–H groups in total. The zero-order valence-electron chi connectivity index (χ0n) is 13.3. The van der Waals surface area contributed by atoms with Gasteiger partial charge in [0, 0.05) is 13.6 Å². The van der Waals surface area contributed by atoms with Gasteiger partial charge < -0.3 is 21.3 Å². The Morgan fingerprint density at radius 2 is 2.05 bits per heavy atom. The second-order valence-corrected chi connectivity index (χ2v) is 6.43. The maximum atomic E-state index is 11.8. The Morgan fingerprint density at radius 1 is 1.38 bits per heavy atom. The minimum atomic E-state index is -0.121. The van der Waals surface area contributed by atoms with Gasteiger partial charge in [0.15, 0.2) is 0 Å². The van der Waals surface area contributed by atoms with Gasteiger partial charge >= 0.3 is 0 Å². The minimum absolute atomic E-state index is 0.121. The number of thioether (sulfide) groups is 1. The summed E-state index contributed by atoms with van der Waals surface area (Å²) in [4.78, 5) is 15.8. The molecule has 1 amide bonds. The van der Waals surface area contributed by atoms with E-state index in [0.29, 0.717) is 10.6 Å². The van der Waals surface area contributed by atoms with E-state index in [9.17, 15) is 4.79 Å². The van der Waals surface area contributed by atoms with Crippen molar-refractivity contribution in [3.05, 3.63) is 4.88 Å². The van der Waals surface area contributed by atoms with Crippen LogP contribution in [0, 0.1) is 0 Å². The van der Waals surface area contributed by atoms with Crippen LogP contribution in [0.3, 0.4) is 0 Å². The smallest absolute Gasteiger partial charge is 0.263 e. The molecule has 0 spiro atoms. The molecule has 0 aliphatic heterocycles. The summed E-state index contributed by atoms with van der Waals surface area (Å²) < 4.78 is 0. The van der Waals surface area contributed by atoms with Gasteiger partial charge in [-0.1, -0.05) is 13.8 Å². The fourth-order valence-corrected chi connectivity index (χ4v) is 4.08. The molecule has 120 valence electrons. The van der Waals surface area contributed by atoms with Gasteiger partial charge in [0.2, 0.25) is 0 Å². The number of anilines is 2. The average Bonchev–Trinajstić information content (AvgIpc) is 2.82. The number of amides is 1. The Balaban J connectivity index is 2.64. The van der Waals surface area contributed by atoms with Crippen LogP contribution in [0.4, 0.5) is 10.7 Å². The first-order valence-electron chi connectivity index (χ1n) is 7.23. The Kier molecular flexibility index (Phi) is 7.92. The van der Waals surface area contributed by atoms with Gasteiger partial charge in [-0.25, -0.2) is 0 Å². The maximum Gasteiger partial charge on any atom is 0.263 e. The third-order valence-corrected chi connectivity index (χ3v) is 5.49. The molecule has 1 rings (SSSR count). The highest BCUT2D eigenvalue weighted by atomic mass is 32.2. The first-order valence-corrected chi connectivity index (χ1v) is 9.27. The topological polar surface area (TPSA) is 70.4 Å². The van der Waals surface area contributed by atoms with Crippen molar-refractivity contribution in [1.82, 2.24) is 10.2 Å². The highest BCUT2D eigenvalue weighted by Gasteiger charge is 2.19. The zero-order chi connectivity index (χ0) is 15.8. The van der Waals surface area contributed by atoms with Gasteiger partial charge in [0.05, 0.1) is 10.6 Å². The fraction of sp³-hybridized carbons (Fsp3) is 0.643. The van der Waals surface area contributed by atoms with Gasteiger partial charge in [-0.2, -0.15) is 0 Å². The van der Waals surface area contributed by atoms with Crippen LogP contribution in [-0.2, 0) is 0 Å². The molecule has 21 heavy (non-hydrogen) atoms. The number of carbonyl (C=O) groups is 1. The standard InChI is InChI=1S/C14H26N4OS2/c1-5-18(6-2)9-7-8-17-14-12(20-4)10(15)11(21-14)13(19)16-3/h17H,5-9,15H2,1-4H3,(H,16,19). The Labute approximate surface area is 135 Å². The van der Waals surface area contributed by atoms with Gasteiger partial charge in [0.1, 0.15) is 9.88 Å². The molecule has 0 fully saturated rings. The second-order valence-electron chi connectivity index (χ2n) is 4.59. The van der Waals surface area contributed by atoms with Gasteiger partial charge in [-0.05, 0) is 32.3 Å². The summed E-state index contributed by atoms with van der Waals surface area (Å²) >= 11 is 3.01. The van der Waals surface area contributed by atoms with Crippen molar-refractivity contribution in [2.75, 3.05) is 50.5 Å². The molecule has 0 aliphatic rings. The molecule has 0 saturated carbocycles. The van der Waals surface area contributed by atoms with Crippen LogP contribution in [0.2, 0.25) is 0 Å². The third-order valence-electron chi connectivity index (χ3n) is 3.37. The summed E-state index contributed by atoms with van der Waals surface area (Å²) in [6, 6.07) is 0. The summed E-state index contributed by atoms with van der Waals surface area (Å²) in [5, 5.41) is 7.05. The van der Waals surface area contributed by atoms with Crippen molar-refractivity contribution in [3.8, 4) is 0 Å². The lowest BCUT2D eigenvalue weighted by Gasteiger charge is -2.17. The predicted molar refractivity (Wildman–Crippen MR) is 94.8 cm³/mol. The largest absolute Gasteiger partial charge is 0.396 e. The predicted octanol–water partition coefficient (Wildman–Crippen LogP) is 2.56. The molecule has 0 radical (unpaired) electrons.